The van der Waals surface area contributed by atoms with E-state index in [1.54, 1.807) is 6.20 Å². The Kier molecular flexibility index (Phi) is 3.99. The molecule has 124 valence electrons. The summed E-state index contributed by atoms with van der Waals surface area (Å²) < 4.78 is 1.82. The van der Waals surface area contributed by atoms with E-state index in [-0.39, 0.29) is 6.61 Å². The van der Waals surface area contributed by atoms with Gasteiger partial charge in [-0.2, -0.15) is 5.10 Å². The van der Waals surface area contributed by atoms with Crippen LogP contribution in [-0.2, 0) is 6.42 Å². The molecule has 4 aromatic rings. The second kappa shape index (κ2) is 6.45. The Morgan fingerprint density at radius 1 is 1.08 bits per heavy atom. The first-order valence-corrected chi connectivity index (χ1v) is 8.23. The summed E-state index contributed by atoms with van der Waals surface area (Å²) in [5, 5.41) is 14.6. The molecule has 0 aliphatic heterocycles. The van der Waals surface area contributed by atoms with E-state index >= 15 is 0 Å². The zero-order valence-corrected chi connectivity index (χ0v) is 13.9. The first kappa shape index (κ1) is 15.5. The Balaban J connectivity index is 1.75. The average Bonchev–Trinajstić information content (AvgIpc) is 3.04. The van der Waals surface area contributed by atoms with E-state index < -0.39 is 0 Å². The lowest BCUT2D eigenvalue weighted by Crippen LogP contribution is -2.01. The van der Waals surface area contributed by atoms with Gasteiger partial charge in [0.2, 0.25) is 0 Å². The van der Waals surface area contributed by atoms with Gasteiger partial charge in [-0.15, -0.1) is 0 Å². The molecule has 3 heterocycles. The molecule has 5 heteroatoms. The zero-order valence-electron chi connectivity index (χ0n) is 13.9. The third-order valence-corrected chi connectivity index (χ3v) is 4.31. The molecule has 5 nitrogen and oxygen atoms in total. The van der Waals surface area contributed by atoms with E-state index in [2.05, 4.69) is 22.2 Å². The van der Waals surface area contributed by atoms with Gasteiger partial charge in [0.05, 0.1) is 23.1 Å². The summed E-state index contributed by atoms with van der Waals surface area (Å²) in [5.41, 5.74) is 4.93. The molecule has 0 amide bonds. The molecule has 0 spiro atoms. The highest BCUT2D eigenvalue weighted by Crippen LogP contribution is 2.25. The smallest absolute Gasteiger partial charge is 0.153 e. The van der Waals surface area contributed by atoms with Gasteiger partial charge in [0, 0.05) is 23.8 Å². The third-order valence-electron chi connectivity index (χ3n) is 4.31. The zero-order chi connectivity index (χ0) is 17.2. The summed E-state index contributed by atoms with van der Waals surface area (Å²) in [7, 11) is 0. The largest absolute Gasteiger partial charge is 0.396 e. The van der Waals surface area contributed by atoms with E-state index in [1.165, 1.54) is 0 Å². The maximum absolute atomic E-state index is 9.08. The maximum Gasteiger partial charge on any atom is 0.153 e. The molecule has 3 aromatic heterocycles. The van der Waals surface area contributed by atoms with E-state index in [1.807, 2.05) is 54.2 Å². The number of hydrogen-bond donors (Lipinski definition) is 1. The quantitative estimate of drug-likeness (QED) is 0.623. The van der Waals surface area contributed by atoms with Crippen molar-refractivity contribution in [2.45, 2.75) is 13.3 Å². The second-order valence-electron chi connectivity index (χ2n) is 5.94. The summed E-state index contributed by atoms with van der Waals surface area (Å²) >= 11 is 0. The van der Waals surface area contributed by atoms with Crippen molar-refractivity contribution in [3.8, 4) is 17.1 Å². The number of nitrogens with zero attached hydrogens (tertiary/aromatic N) is 4. The van der Waals surface area contributed by atoms with Crippen molar-refractivity contribution in [1.82, 2.24) is 19.7 Å². The van der Waals surface area contributed by atoms with Crippen molar-refractivity contribution >= 4 is 10.9 Å². The number of hydrogen-bond acceptors (Lipinski definition) is 4. The van der Waals surface area contributed by atoms with Gasteiger partial charge in [-0.05, 0) is 49.2 Å². The molecule has 0 fully saturated rings. The Labute approximate surface area is 145 Å². The summed E-state index contributed by atoms with van der Waals surface area (Å²) in [6, 6.07) is 15.9. The minimum absolute atomic E-state index is 0.156. The van der Waals surface area contributed by atoms with Gasteiger partial charge >= 0.3 is 0 Å². The third kappa shape index (κ3) is 2.90. The number of benzene rings is 1. The fraction of sp³-hybridized carbons (Fsp3) is 0.150. The van der Waals surface area contributed by atoms with Gasteiger partial charge in [-0.3, -0.25) is 0 Å². The van der Waals surface area contributed by atoms with Gasteiger partial charge in [0.15, 0.2) is 5.82 Å². The van der Waals surface area contributed by atoms with Crippen LogP contribution in [0.2, 0.25) is 0 Å². The molecular formula is C20H18N4O. The van der Waals surface area contributed by atoms with Gasteiger partial charge in [-0.1, -0.05) is 18.2 Å². The first-order chi connectivity index (χ1) is 12.3. The van der Waals surface area contributed by atoms with Crippen LogP contribution in [-0.4, -0.2) is 31.5 Å². The normalized spacial score (nSPS) is 11.1. The molecule has 0 unspecified atom stereocenters. The number of rotatable bonds is 4. The molecule has 0 aliphatic rings. The predicted molar refractivity (Wildman–Crippen MR) is 97.6 cm³/mol. The highest BCUT2D eigenvalue weighted by atomic mass is 16.2. The van der Waals surface area contributed by atoms with Crippen molar-refractivity contribution in [2.24, 2.45) is 0 Å². The lowest BCUT2D eigenvalue weighted by molar-refractivity contribution is 0.299. The molecule has 25 heavy (non-hydrogen) atoms. The summed E-state index contributed by atoms with van der Waals surface area (Å²) in [6.07, 6.45) is 4.25. The number of aliphatic hydroxyl groups is 1. The lowest BCUT2D eigenvalue weighted by atomic mass is 10.1. The molecule has 4 rings (SSSR count). The molecule has 0 atom stereocenters. The van der Waals surface area contributed by atoms with Gasteiger partial charge in [0.25, 0.3) is 0 Å². The Hall–Kier alpha value is -3.05. The van der Waals surface area contributed by atoms with Crippen molar-refractivity contribution in [1.29, 1.82) is 0 Å². The van der Waals surface area contributed by atoms with Crippen LogP contribution in [0.25, 0.3) is 28.0 Å². The summed E-state index contributed by atoms with van der Waals surface area (Å²) in [4.78, 5) is 9.13. The predicted octanol–water partition coefficient (Wildman–Crippen LogP) is 3.33. The fourth-order valence-electron chi connectivity index (χ4n) is 2.98. The molecule has 1 N–H and O–H groups in total. The highest BCUT2D eigenvalue weighted by Gasteiger charge is 2.12. The molecule has 1 aromatic carbocycles. The van der Waals surface area contributed by atoms with Crippen molar-refractivity contribution < 1.29 is 5.11 Å². The minimum atomic E-state index is 0.156. The second-order valence-corrected chi connectivity index (χ2v) is 5.94. The van der Waals surface area contributed by atoms with Crippen LogP contribution in [0, 0.1) is 6.92 Å². The highest BCUT2D eigenvalue weighted by molar-refractivity contribution is 5.82. The number of fused-ring (bicyclic) bond motifs is 1. The van der Waals surface area contributed by atoms with Gasteiger partial charge < -0.3 is 5.11 Å². The topological polar surface area (TPSA) is 63.8 Å². The van der Waals surface area contributed by atoms with Gasteiger partial charge in [-0.25, -0.2) is 14.6 Å². The number of pyridine rings is 2. The Bertz CT molecular complexity index is 1020. The maximum atomic E-state index is 9.08. The molecular weight excluding hydrogens is 312 g/mol. The average molecular weight is 330 g/mol. The van der Waals surface area contributed by atoms with E-state index in [0.717, 1.165) is 39.2 Å². The van der Waals surface area contributed by atoms with Crippen LogP contribution in [0.15, 0.2) is 60.9 Å². The van der Waals surface area contributed by atoms with Crippen LogP contribution in [0.1, 0.15) is 11.3 Å². The van der Waals surface area contributed by atoms with Crippen molar-refractivity contribution in [2.75, 3.05) is 6.61 Å². The van der Waals surface area contributed by atoms with Crippen LogP contribution in [0.3, 0.4) is 0 Å². The molecule has 0 aliphatic carbocycles. The molecule has 0 saturated carbocycles. The summed E-state index contributed by atoms with van der Waals surface area (Å²) in [5.74, 6) is 0.792. The number of aromatic nitrogens is 4. The Morgan fingerprint density at radius 2 is 2.00 bits per heavy atom. The monoisotopic (exact) mass is 330 g/mol. The standard InChI is InChI=1S/C20H18N4O/c1-14-17(13-22-24(14)20-4-2-3-10-21-20)19-8-6-16-12-15(9-11-25)5-7-18(16)23-19/h2-8,10,12-13,25H,9,11H2,1H3. The van der Waals surface area contributed by atoms with Crippen LogP contribution in [0.4, 0.5) is 0 Å². The molecule has 0 saturated heterocycles. The fourth-order valence-corrected chi connectivity index (χ4v) is 2.98. The van der Waals surface area contributed by atoms with Gasteiger partial charge in [0.1, 0.15) is 0 Å². The van der Waals surface area contributed by atoms with Crippen molar-refractivity contribution in [3.05, 3.63) is 72.2 Å². The minimum Gasteiger partial charge on any atom is -0.396 e. The van der Waals surface area contributed by atoms with E-state index in [0.29, 0.717) is 6.42 Å². The van der Waals surface area contributed by atoms with E-state index in [9.17, 15) is 0 Å². The van der Waals surface area contributed by atoms with Crippen LogP contribution >= 0.6 is 0 Å². The number of aliphatic hydroxyl groups excluding tert-OH is 1. The van der Waals surface area contributed by atoms with E-state index in [4.69, 9.17) is 10.1 Å². The molecule has 0 bridgehead atoms. The van der Waals surface area contributed by atoms with Crippen LogP contribution < -0.4 is 0 Å². The van der Waals surface area contributed by atoms with Crippen molar-refractivity contribution in [3.63, 3.8) is 0 Å². The lowest BCUT2D eigenvalue weighted by Gasteiger charge is -2.06. The first-order valence-electron chi connectivity index (χ1n) is 8.23. The SMILES string of the molecule is Cc1c(-c2ccc3cc(CCO)ccc3n2)cnn1-c1ccccn1. The Morgan fingerprint density at radius 3 is 2.80 bits per heavy atom. The van der Waals surface area contributed by atoms with Crippen LogP contribution in [0.5, 0.6) is 0 Å². The summed E-state index contributed by atoms with van der Waals surface area (Å²) in [6.45, 7) is 2.18. The molecule has 0 radical (unpaired) electrons.